The Morgan fingerprint density at radius 3 is 2.69 bits per heavy atom. The zero-order chi connectivity index (χ0) is 20.5. The summed E-state index contributed by atoms with van der Waals surface area (Å²) < 4.78 is 11.9. The van der Waals surface area contributed by atoms with Crippen LogP contribution in [0.5, 0.6) is 11.5 Å². The van der Waals surface area contributed by atoms with E-state index >= 15 is 0 Å². The molecule has 0 saturated carbocycles. The molecule has 29 heavy (non-hydrogen) atoms. The Bertz CT molecular complexity index is 1060. The van der Waals surface area contributed by atoms with Gasteiger partial charge in [-0.3, -0.25) is 9.69 Å². The maximum absolute atomic E-state index is 13.3. The van der Waals surface area contributed by atoms with Crippen LogP contribution in [0.25, 0.3) is 10.2 Å². The summed E-state index contributed by atoms with van der Waals surface area (Å²) in [5.74, 6) is 1.45. The number of carbonyl (C=O) groups is 1. The summed E-state index contributed by atoms with van der Waals surface area (Å²) >= 11 is 1.57. The number of amides is 1. The van der Waals surface area contributed by atoms with E-state index in [4.69, 9.17) is 14.5 Å². The molecule has 6 nitrogen and oxygen atoms in total. The van der Waals surface area contributed by atoms with Crippen molar-refractivity contribution >= 4 is 32.6 Å². The van der Waals surface area contributed by atoms with Crippen LogP contribution in [0.1, 0.15) is 16.7 Å². The molecule has 0 atom stereocenters. The average molecular weight is 412 g/mol. The first-order chi connectivity index (χ1) is 13.9. The molecule has 7 heteroatoms. The molecule has 0 N–H and O–H groups in total. The minimum atomic E-state index is 0.0270. The standard InChI is InChI=1S/C22H25N3O3S/c1-14-5-8-19-21(15(14)2)23-22(29-19)25(10-9-24(3)4)20(26)12-16-6-7-17-18(11-16)28-13-27-17/h5-8,11H,9-10,12-13H2,1-4H3. The van der Waals surface area contributed by atoms with Gasteiger partial charge >= 0.3 is 0 Å². The number of benzene rings is 2. The van der Waals surface area contributed by atoms with Crippen LogP contribution in [-0.4, -0.2) is 49.8 Å². The maximum atomic E-state index is 13.3. The lowest BCUT2D eigenvalue weighted by molar-refractivity contribution is -0.118. The molecule has 1 aliphatic rings. The van der Waals surface area contributed by atoms with Crippen LogP contribution >= 0.6 is 11.3 Å². The Kier molecular flexibility index (Phi) is 5.43. The second-order valence-corrected chi connectivity index (χ2v) is 8.57. The SMILES string of the molecule is Cc1ccc2sc(N(CCN(C)C)C(=O)Cc3ccc4c(c3)OCO4)nc2c1C. The number of hydrogen-bond acceptors (Lipinski definition) is 6. The first-order valence-corrected chi connectivity index (χ1v) is 10.4. The van der Waals surface area contributed by atoms with Crippen LogP contribution in [-0.2, 0) is 11.2 Å². The molecule has 0 radical (unpaired) electrons. The number of fused-ring (bicyclic) bond motifs is 2. The number of aromatic nitrogens is 1. The monoisotopic (exact) mass is 411 g/mol. The van der Waals surface area contributed by atoms with E-state index in [1.807, 2.05) is 37.2 Å². The van der Waals surface area contributed by atoms with Gasteiger partial charge in [0.15, 0.2) is 16.6 Å². The number of aryl methyl sites for hydroxylation is 2. The fourth-order valence-corrected chi connectivity index (χ4v) is 4.35. The number of anilines is 1. The van der Waals surface area contributed by atoms with Crippen molar-refractivity contribution in [3.05, 3.63) is 47.0 Å². The summed E-state index contributed by atoms with van der Waals surface area (Å²) in [5.41, 5.74) is 4.26. The largest absolute Gasteiger partial charge is 0.454 e. The minimum Gasteiger partial charge on any atom is -0.454 e. The highest BCUT2D eigenvalue weighted by molar-refractivity contribution is 7.22. The Labute approximate surface area is 174 Å². The fourth-order valence-electron chi connectivity index (χ4n) is 3.28. The summed E-state index contributed by atoms with van der Waals surface area (Å²) in [7, 11) is 4.01. The first-order valence-electron chi connectivity index (χ1n) is 9.63. The van der Waals surface area contributed by atoms with Crippen molar-refractivity contribution in [2.24, 2.45) is 0 Å². The quantitative estimate of drug-likeness (QED) is 0.618. The van der Waals surface area contributed by atoms with Gasteiger partial charge in [-0.25, -0.2) is 4.98 Å². The molecule has 4 rings (SSSR count). The lowest BCUT2D eigenvalue weighted by atomic mass is 10.1. The molecule has 2 aromatic carbocycles. The summed E-state index contributed by atoms with van der Waals surface area (Å²) in [6, 6.07) is 9.86. The third-order valence-corrected chi connectivity index (χ3v) is 6.21. The van der Waals surface area contributed by atoms with Gasteiger partial charge in [0, 0.05) is 13.1 Å². The Morgan fingerprint density at radius 1 is 1.10 bits per heavy atom. The highest BCUT2D eigenvalue weighted by Crippen LogP contribution is 2.34. The van der Waals surface area contributed by atoms with Gasteiger partial charge in [-0.05, 0) is 62.8 Å². The zero-order valence-corrected chi connectivity index (χ0v) is 18.0. The van der Waals surface area contributed by atoms with Crippen molar-refractivity contribution in [2.45, 2.75) is 20.3 Å². The molecule has 0 saturated heterocycles. The molecule has 1 aliphatic heterocycles. The number of likely N-dealkylation sites (N-methyl/N-ethyl adjacent to an activating group) is 1. The molecule has 0 bridgehead atoms. The van der Waals surface area contributed by atoms with Crippen LogP contribution in [0.4, 0.5) is 5.13 Å². The number of ether oxygens (including phenoxy) is 2. The average Bonchev–Trinajstić information content (AvgIpc) is 3.31. The summed E-state index contributed by atoms with van der Waals surface area (Å²) in [6.07, 6.45) is 0.290. The van der Waals surface area contributed by atoms with Gasteiger partial charge in [0.05, 0.1) is 16.6 Å². The topological polar surface area (TPSA) is 54.9 Å². The molecular weight excluding hydrogens is 386 g/mol. The van der Waals surface area contributed by atoms with Crippen LogP contribution < -0.4 is 14.4 Å². The predicted molar refractivity (Wildman–Crippen MR) is 116 cm³/mol. The normalized spacial score (nSPS) is 12.7. The molecule has 0 unspecified atom stereocenters. The molecular formula is C22H25N3O3S. The summed E-state index contributed by atoms with van der Waals surface area (Å²) in [5, 5.41) is 0.751. The van der Waals surface area contributed by atoms with Gasteiger partial charge in [-0.15, -0.1) is 0 Å². The number of rotatable bonds is 6. The molecule has 1 amide bonds. The minimum absolute atomic E-state index is 0.0270. The van der Waals surface area contributed by atoms with E-state index in [-0.39, 0.29) is 19.1 Å². The van der Waals surface area contributed by atoms with Crippen molar-refractivity contribution in [2.75, 3.05) is 38.9 Å². The summed E-state index contributed by atoms with van der Waals surface area (Å²) in [4.78, 5) is 22.0. The number of carbonyl (C=O) groups excluding carboxylic acids is 1. The second-order valence-electron chi connectivity index (χ2n) is 7.56. The molecule has 0 aliphatic carbocycles. The van der Waals surface area contributed by atoms with Gasteiger partial charge in [0.2, 0.25) is 12.7 Å². The van der Waals surface area contributed by atoms with Crippen LogP contribution in [0.2, 0.25) is 0 Å². The number of hydrogen-bond donors (Lipinski definition) is 0. The molecule has 152 valence electrons. The highest BCUT2D eigenvalue weighted by atomic mass is 32.1. The zero-order valence-electron chi connectivity index (χ0n) is 17.2. The van der Waals surface area contributed by atoms with E-state index in [0.29, 0.717) is 12.3 Å². The first kappa shape index (κ1) is 19.7. The van der Waals surface area contributed by atoms with Crippen LogP contribution in [0.3, 0.4) is 0 Å². The van der Waals surface area contributed by atoms with Crippen molar-refractivity contribution < 1.29 is 14.3 Å². The lowest BCUT2D eigenvalue weighted by Gasteiger charge is -2.22. The Morgan fingerprint density at radius 2 is 1.90 bits per heavy atom. The summed E-state index contributed by atoms with van der Waals surface area (Å²) in [6.45, 7) is 5.75. The Hall–Kier alpha value is -2.64. The molecule has 1 aromatic heterocycles. The van der Waals surface area contributed by atoms with Gasteiger partial charge in [0.25, 0.3) is 0 Å². The molecule has 2 heterocycles. The van der Waals surface area contributed by atoms with E-state index < -0.39 is 0 Å². The predicted octanol–water partition coefficient (Wildman–Crippen LogP) is 3.78. The highest BCUT2D eigenvalue weighted by Gasteiger charge is 2.22. The van der Waals surface area contributed by atoms with Crippen molar-refractivity contribution in [3.63, 3.8) is 0 Å². The Balaban J connectivity index is 1.62. The molecule has 3 aromatic rings. The van der Waals surface area contributed by atoms with E-state index in [9.17, 15) is 4.79 Å². The van der Waals surface area contributed by atoms with Gasteiger partial charge in [-0.2, -0.15) is 0 Å². The lowest BCUT2D eigenvalue weighted by Crippen LogP contribution is -2.37. The number of thiazole rings is 1. The van der Waals surface area contributed by atoms with Gasteiger partial charge < -0.3 is 14.4 Å². The van der Waals surface area contributed by atoms with Crippen LogP contribution in [0, 0.1) is 13.8 Å². The van der Waals surface area contributed by atoms with Crippen molar-refractivity contribution in [1.29, 1.82) is 0 Å². The van der Waals surface area contributed by atoms with E-state index in [1.54, 1.807) is 11.3 Å². The molecule has 0 spiro atoms. The second kappa shape index (κ2) is 8.00. The van der Waals surface area contributed by atoms with E-state index in [1.165, 1.54) is 11.1 Å². The van der Waals surface area contributed by atoms with Crippen LogP contribution in [0.15, 0.2) is 30.3 Å². The van der Waals surface area contributed by atoms with Crippen molar-refractivity contribution in [3.8, 4) is 11.5 Å². The fraction of sp³-hybridized carbons (Fsp3) is 0.364. The van der Waals surface area contributed by atoms with Gasteiger partial charge in [-0.1, -0.05) is 23.5 Å². The van der Waals surface area contributed by atoms with E-state index in [0.717, 1.165) is 33.2 Å². The van der Waals surface area contributed by atoms with Crippen molar-refractivity contribution in [1.82, 2.24) is 9.88 Å². The van der Waals surface area contributed by atoms with Gasteiger partial charge in [0.1, 0.15) is 0 Å². The third-order valence-electron chi connectivity index (χ3n) is 5.17. The third kappa shape index (κ3) is 4.06. The smallest absolute Gasteiger partial charge is 0.233 e. The number of nitrogens with zero attached hydrogens (tertiary/aromatic N) is 3. The maximum Gasteiger partial charge on any atom is 0.233 e. The van der Waals surface area contributed by atoms with E-state index in [2.05, 4.69) is 30.9 Å². The molecule has 0 fully saturated rings.